The molecule has 2 aromatic rings. The van der Waals surface area contributed by atoms with Crippen molar-refractivity contribution >= 4 is 40.8 Å². The van der Waals surface area contributed by atoms with E-state index in [4.69, 9.17) is 23.2 Å². The fourth-order valence-electron chi connectivity index (χ4n) is 1.36. The number of hydrogen-bond donors (Lipinski definition) is 0. The van der Waals surface area contributed by atoms with E-state index in [1.54, 1.807) is 0 Å². The van der Waals surface area contributed by atoms with Crippen LogP contribution >= 0.6 is 35.1 Å². The summed E-state index contributed by atoms with van der Waals surface area (Å²) < 4.78 is 12.1. The van der Waals surface area contributed by atoms with Gasteiger partial charge >= 0.3 is 9.61 Å². The average molecular weight is 339 g/mol. The number of alkyl halides is 3. The van der Waals surface area contributed by atoms with Crippen molar-refractivity contribution in [2.75, 3.05) is 0 Å². The number of nitrogens with zero attached hydrogens (tertiary/aromatic N) is 4. The van der Waals surface area contributed by atoms with E-state index >= 15 is 0 Å². The second-order valence-electron chi connectivity index (χ2n) is 3.47. The molecule has 0 amide bonds. The van der Waals surface area contributed by atoms with Crippen molar-refractivity contribution < 1.29 is 9.31 Å². The zero-order valence-corrected chi connectivity index (χ0v) is 11.8. The highest BCUT2D eigenvalue weighted by Crippen LogP contribution is 2.35. The molecule has 0 saturated heterocycles. The van der Waals surface area contributed by atoms with Crippen LogP contribution in [0.4, 0.5) is 10.1 Å². The minimum Gasteiger partial charge on any atom is -0.258 e. The number of non-ortho nitro benzene ring substituents is 1. The molecule has 0 unspecified atom stereocenters. The molecule has 20 heavy (non-hydrogen) atoms. The first-order valence-electron chi connectivity index (χ1n) is 4.96. The van der Waals surface area contributed by atoms with E-state index in [1.807, 2.05) is 0 Å². The molecule has 0 atom stereocenters. The summed E-state index contributed by atoms with van der Waals surface area (Å²) in [6.45, 7) is 0. The molecular weight excluding hydrogens is 334 g/mol. The maximum Gasteiger partial charge on any atom is 0.361 e. The van der Waals surface area contributed by atoms with E-state index in [1.165, 1.54) is 24.3 Å². The standard InChI is InChI=1S/C9H5Cl2FN4O3S/c10-9(11,12)20-15-8(17)14(5-13-15)6-1-3-7(4-2-6)16(18)19/h1-5H. The first-order valence-corrected chi connectivity index (χ1v) is 6.48. The predicted octanol–water partition coefficient (Wildman–Crippen LogP) is 2.50. The van der Waals surface area contributed by atoms with Crippen LogP contribution in [0.2, 0.25) is 0 Å². The molecule has 0 saturated carbocycles. The van der Waals surface area contributed by atoms with Crippen LogP contribution in [0.1, 0.15) is 0 Å². The fourth-order valence-corrected chi connectivity index (χ4v) is 2.21. The summed E-state index contributed by atoms with van der Waals surface area (Å²) in [5, 5.41) is 14.1. The molecule has 2 rings (SSSR count). The molecule has 0 aliphatic carbocycles. The summed E-state index contributed by atoms with van der Waals surface area (Å²) in [4.78, 5) is 21.8. The van der Waals surface area contributed by atoms with E-state index < -0.39 is 14.5 Å². The largest absolute Gasteiger partial charge is 0.361 e. The summed E-state index contributed by atoms with van der Waals surface area (Å²) in [6, 6.07) is 5.18. The SMILES string of the molecule is O=c1n(-c2ccc([N+](=O)[O-])cc2)cnn1SC(F)(Cl)Cl. The monoisotopic (exact) mass is 338 g/mol. The number of hydrogen-bond acceptors (Lipinski definition) is 5. The predicted molar refractivity (Wildman–Crippen MR) is 73.0 cm³/mol. The van der Waals surface area contributed by atoms with Gasteiger partial charge < -0.3 is 0 Å². The van der Waals surface area contributed by atoms with Gasteiger partial charge in [0.25, 0.3) is 5.69 Å². The van der Waals surface area contributed by atoms with E-state index in [2.05, 4.69) is 5.10 Å². The lowest BCUT2D eigenvalue weighted by molar-refractivity contribution is -0.384. The van der Waals surface area contributed by atoms with Gasteiger partial charge in [-0.3, -0.25) is 10.1 Å². The lowest BCUT2D eigenvalue weighted by atomic mass is 10.3. The number of nitro groups is 1. The Morgan fingerprint density at radius 1 is 1.35 bits per heavy atom. The van der Waals surface area contributed by atoms with Crippen molar-refractivity contribution in [3.05, 3.63) is 51.2 Å². The number of benzene rings is 1. The Morgan fingerprint density at radius 2 is 1.95 bits per heavy atom. The Morgan fingerprint density at radius 3 is 2.45 bits per heavy atom. The minimum atomic E-state index is -2.70. The van der Waals surface area contributed by atoms with Gasteiger partial charge in [0.15, 0.2) is 0 Å². The van der Waals surface area contributed by atoms with Crippen molar-refractivity contribution in [2.24, 2.45) is 0 Å². The number of aromatic nitrogens is 3. The van der Waals surface area contributed by atoms with Crippen molar-refractivity contribution in [3.63, 3.8) is 0 Å². The lowest BCUT2D eigenvalue weighted by Gasteiger charge is -2.05. The van der Waals surface area contributed by atoms with Crippen LogP contribution in [0.25, 0.3) is 5.69 Å². The summed E-state index contributed by atoms with van der Waals surface area (Å²) in [6.07, 6.45) is 1.12. The van der Waals surface area contributed by atoms with Crippen molar-refractivity contribution in [3.8, 4) is 5.69 Å². The molecule has 0 aliphatic heterocycles. The molecular formula is C9H5Cl2FN4O3S. The zero-order valence-electron chi connectivity index (χ0n) is 9.44. The Kier molecular flexibility index (Phi) is 4.02. The molecule has 0 spiro atoms. The average Bonchev–Trinajstić information content (AvgIpc) is 2.69. The third-order valence-corrected chi connectivity index (χ3v) is 3.21. The second-order valence-corrected chi connectivity index (χ2v) is 6.24. The van der Waals surface area contributed by atoms with Gasteiger partial charge in [-0.05, 0) is 12.1 Å². The van der Waals surface area contributed by atoms with Gasteiger partial charge in [-0.25, -0.2) is 9.36 Å². The van der Waals surface area contributed by atoms with Gasteiger partial charge in [-0.2, -0.15) is 4.39 Å². The van der Waals surface area contributed by atoms with Gasteiger partial charge in [0.1, 0.15) is 6.33 Å². The van der Waals surface area contributed by atoms with E-state index in [-0.39, 0.29) is 17.6 Å². The summed E-state index contributed by atoms with van der Waals surface area (Å²) in [5.41, 5.74) is -0.485. The van der Waals surface area contributed by atoms with Gasteiger partial charge in [0, 0.05) is 12.1 Å². The third kappa shape index (κ3) is 3.30. The van der Waals surface area contributed by atoms with Gasteiger partial charge in [0.2, 0.25) is 0 Å². The third-order valence-electron chi connectivity index (χ3n) is 2.17. The van der Waals surface area contributed by atoms with Crippen LogP contribution < -0.4 is 5.69 Å². The van der Waals surface area contributed by atoms with Crippen LogP contribution in [-0.4, -0.2) is 22.6 Å². The van der Waals surface area contributed by atoms with Crippen LogP contribution in [0.3, 0.4) is 0 Å². The zero-order chi connectivity index (χ0) is 14.9. The van der Waals surface area contributed by atoms with Gasteiger partial charge in [-0.15, -0.1) is 9.19 Å². The van der Waals surface area contributed by atoms with E-state index in [0.29, 0.717) is 9.77 Å². The molecule has 106 valence electrons. The first kappa shape index (κ1) is 14.8. The lowest BCUT2D eigenvalue weighted by Crippen LogP contribution is -2.22. The molecule has 0 aliphatic rings. The molecule has 0 N–H and O–H groups in total. The van der Waals surface area contributed by atoms with Crippen molar-refractivity contribution in [1.29, 1.82) is 0 Å². The molecule has 1 aromatic carbocycles. The van der Waals surface area contributed by atoms with Crippen molar-refractivity contribution in [2.45, 2.75) is 3.92 Å². The second kappa shape index (κ2) is 5.43. The summed E-state index contributed by atoms with van der Waals surface area (Å²) >= 11 is 10.4. The number of nitro benzene ring substituents is 1. The minimum absolute atomic E-state index is 0.118. The highest BCUT2D eigenvalue weighted by atomic mass is 35.5. The Hall–Kier alpha value is -1.58. The quantitative estimate of drug-likeness (QED) is 0.486. The maximum atomic E-state index is 13.0. The highest BCUT2D eigenvalue weighted by Gasteiger charge is 2.27. The van der Waals surface area contributed by atoms with Crippen LogP contribution in [0.15, 0.2) is 35.4 Å². The molecule has 1 heterocycles. The highest BCUT2D eigenvalue weighted by molar-refractivity contribution is 8.01. The van der Waals surface area contributed by atoms with E-state index in [9.17, 15) is 19.3 Å². The molecule has 0 bridgehead atoms. The Bertz CT molecular complexity index is 694. The Balaban J connectivity index is 2.35. The topological polar surface area (TPSA) is 83.0 Å². The van der Waals surface area contributed by atoms with Gasteiger partial charge in [0.05, 0.1) is 22.6 Å². The normalized spacial score (nSPS) is 11.6. The van der Waals surface area contributed by atoms with E-state index in [0.717, 1.165) is 10.9 Å². The molecule has 11 heteroatoms. The molecule has 7 nitrogen and oxygen atoms in total. The summed E-state index contributed by atoms with van der Waals surface area (Å²) in [5.74, 6) is 0. The smallest absolute Gasteiger partial charge is 0.258 e. The first-order chi connectivity index (χ1) is 9.28. The number of rotatable bonds is 4. The molecule has 0 fully saturated rings. The van der Waals surface area contributed by atoms with Crippen LogP contribution in [0, 0.1) is 10.1 Å². The van der Waals surface area contributed by atoms with Gasteiger partial charge in [-0.1, -0.05) is 23.2 Å². The number of halogens is 3. The fraction of sp³-hybridized carbons (Fsp3) is 0.111. The maximum absolute atomic E-state index is 13.0. The van der Waals surface area contributed by atoms with Crippen LogP contribution in [-0.2, 0) is 0 Å². The van der Waals surface area contributed by atoms with Crippen LogP contribution in [0.5, 0.6) is 0 Å². The molecule has 1 aromatic heterocycles. The summed E-state index contributed by atoms with van der Waals surface area (Å²) in [7, 11) is 0. The Labute approximate surface area is 125 Å². The molecule has 0 radical (unpaired) electrons. The van der Waals surface area contributed by atoms with Crippen molar-refractivity contribution in [1.82, 2.24) is 13.8 Å².